The second kappa shape index (κ2) is 12.9. The lowest BCUT2D eigenvalue weighted by Gasteiger charge is -2.29. The van der Waals surface area contributed by atoms with E-state index >= 15 is 0 Å². The summed E-state index contributed by atoms with van der Waals surface area (Å²) in [6, 6.07) is 13.2. The zero-order valence-electron chi connectivity index (χ0n) is 20.8. The van der Waals surface area contributed by atoms with Crippen molar-refractivity contribution < 1.29 is 37.0 Å². The molecule has 2 atom stereocenters. The Hall–Kier alpha value is -3.16. The van der Waals surface area contributed by atoms with Gasteiger partial charge in [-0.05, 0) is 41.8 Å². The molecule has 0 saturated carbocycles. The average Bonchev–Trinajstić information content (AvgIpc) is 3.29. The smallest absolute Gasteiger partial charge is 0.424 e. The minimum absolute atomic E-state index is 0.0196. The third kappa shape index (κ3) is 7.66. The van der Waals surface area contributed by atoms with E-state index in [1.807, 2.05) is 0 Å². The van der Waals surface area contributed by atoms with Crippen molar-refractivity contribution in [3.05, 3.63) is 59.7 Å². The second-order valence-electron chi connectivity index (χ2n) is 8.24. The molecule has 3 rings (SSSR count). The highest BCUT2D eigenvalue weighted by Gasteiger charge is 2.40. The van der Waals surface area contributed by atoms with Crippen molar-refractivity contribution in [3.63, 3.8) is 0 Å². The molecule has 0 spiro atoms. The van der Waals surface area contributed by atoms with E-state index in [1.165, 1.54) is 19.1 Å². The van der Waals surface area contributed by atoms with Gasteiger partial charge in [0, 0.05) is 18.8 Å². The molecule has 0 aliphatic carbocycles. The summed E-state index contributed by atoms with van der Waals surface area (Å²) >= 11 is 4.47. The molecule has 1 saturated heterocycles. The first-order chi connectivity index (χ1) is 17.7. The van der Waals surface area contributed by atoms with E-state index in [2.05, 4.69) is 17.4 Å². The highest BCUT2D eigenvalue weighted by Crippen LogP contribution is 2.25. The largest absolute Gasteiger partial charge is 0.497 e. The van der Waals surface area contributed by atoms with Gasteiger partial charge in [-0.25, -0.2) is 14.3 Å². The van der Waals surface area contributed by atoms with Crippen LogP contribution < -0.4 is 14.2 Å². The Morgan fingerprint density at radius 2 is 1.49 bits per heavy atom. The van der Waals surface area contributed by atoms with Crippen LogP contribution in [0, 0.1) is 0 Å². The molecule has 1 N–H and O–H groups in total. The van der Waals surface area contributed by atoms with Crippen molar-refractivity contribution in [2.45, 2.75) is 30.9 Å². The standard InChI is InChI=1S/C24H31N3O8S2/c1-25-37(30,31)27(24(29)35-16-18-6-10-21(33-3)11-7-18)13-19-12-22(36)14-26(19)23(28)34-15-17-4-8-20(32-2)9-5-17/h4-11,19,22,25,36H,12-16H2,1-3H3. The molecule has 11 nitrogen and oxygen atoms in total. The molecule has 0 radical (unpaired) electrons. The first kappa shape index (κ1) is 28.4. The first-order valence-electron chi connectivity index (χ1n) is 11.4. The van der Waals surface area contributed by atoms with E-state index in [0.717, 1.165) is 5.56 Å². The van der Waals surface area contributed by atoms with E-state index in [4.69, 9.17) is 18.9 Å². The molecule has 1 aliphatic heterocycles. The summed E-state index contributed by atoms with van der Waals surface area (Å²) in [6.45, 7) is -0.208. The molecule has 2 aromatic carbocycles. The minimum Gasteiger partial charge on any atom is -0.497 e. The molecule has 0 bridgehead atoms. The van der Waals surface area contributed by atoms with E-state index in [1.54, 1.807) is 55.6 Å². The number of likely N-dealkylation sites (tertiary alicyclic amines) is 1. The number of carbonyl (C=O) groups excluding carboxylic acids is 2. The van der Waals surface area contributed by atoms with Gasteiger partial charge in [-0.3, -0.25) is 0 Å². The summed E-state index contributed by atoms with van der Waals surface area (Å²) in [7, 11) is 0.0653. The molecule has 1 heterocycles. The number of nitrogens with one attached hydrogen (secondary N) is 1. The van der Waals surface area contributed by atoms with Crippen LogP contribution >= 0.6 is 12.6 Å². The summed E-state index contributed by atoms with van der Waals surface area (Å²) in [5.74, 6) is 1.31. The Labute approximate surface area is 222 Å². The van der Waals surface area contributed by atoms with Gasteiger partial charge in [-0.1, -0.05) is 24.3 Å². The number of nitrogens with zero attached hydrogens (tertiary/aromatic N) is 2. The van der Waals surface area contributed by atoms with Gasteiger partial charge in [-0.15, -0.1) is 0 Å². The maximum absolute atomic E-state index is 12.9. The molecule has 2 amide bonds. The predicted molar refractivity (Wildman–Crippen MR) is 139 cm³/mol. The van der Waals surface area contributed by atoms with Crippen LogP contribution in [0.4, 0.5) is 9.59 Å². The summed E-state index contributed by atoms with van der Waals surface area (Å²) in [6.07, 6.45) is -1.34. The van der Waals surface area contributed by atoms with Crippen molar-refractivity contribution in [3.8, 4) is 11.5 Å². The molecule has 2 aromatic rings. The summed E-state index contributed by atoms with van der Waals surface area (Å²) in [5, 5.41) is -0.215. The maximum Gasteiger partial charge on any atom is 0.424 e. The zero-order chi connectivity index (χ0) is 27.0. The van der Waals surface area contributed by atoms with Crippen LogP contribution in [-0.2, 0) is 32.9 Å². The van der Waals surface area contributed by atoms with Gasteiger partial charge in [0.25, 0.3) is 0 Å². The van der Waals surface area contributed by atoms with E-state index < -0.39 is 28.4 Å². The molecular weight excluding hydrogens is 522 g/mol. The number of hydrogen-bond acceptors (Lipinski definition) is 9. The van der Waals surface area contributed by atoms with Crippen molar-refractivity contribution in [2.24, 2.45) is 0 Å². The summed E-state index contributed by atoms with van der Waals surface area (Å²) < 4.78 is 49.0. The van der Waals surface area contributed by atoms with E-state index in [9.17, 15) is 18.0 Å². The van der Waals surface area contributed by atoms with Crippen LogP contribution in [0.15, 0.2) is 48.5 Å². The zero-order valence-corrected chi connectivity index (χ0v) is 22.5. The average molecular weight is 554 g/mol. The fourth-order valence-electron chi connectivity index (χ4n) is 3.75. The number of methoxy groups -OCH3 is 2. The Kier molecular flexibility index (Phi) is 9.89. The number of ether oxygens (including phenoxy) is 4. The highest BCUT2D eigenvalue weighted by atomic mass is 32.2. The van der Waals surface area contributed by atoms with E-state index in [-0.39, 0.29) is 31.6 Å². The molecule has 13 heteroatoms. The van der Waals surface area contributed by atoms with Crippen LogP contribution in [0.2, 0.25) is 0 Å². The van der Waals surface area contributed by atoms with Crippen LogP contribution in [0.25, 0.3) is 0 Å². The van der Waals surface area contributed by atoms with Gasteiger partial charge in [0.2, 0.25) is 0 Å². The van der Waals surface area contributed by atoms with Crippen molar-refractivity contribution >= 4 is 35.0 Å². The van der Waals surface area contributed by atoms with Crippen molar-refractivity contribution in [1.29, 1.82) is 0 Å². The molecular formula is C24H31N3O8S2. The Bertz CT molecular complexity index is 1160. The van der Waals surface area contributed by atoms with Crippen molar-refractivity contribution in [2.75, 3.05) is 34.4 Å². The Morgan fingerprint density at radius 3 is 1.97 bits per heavy atom. The SMILES string of the molecule is CNS(=O)(=O)N(CC1CC(S)CN1C(=O)OCc1ccc(OC)cc1)C(=O)OCc1ccc(OC)cc1. The number of hydrogen-bond donors (Lipinski definition) is 2. The van der Waals surface area contributed by atoms with Crippen LogP contribution in [0.3, 0.4) is 0 Å². The molecule has 37 heavy (non-hydrogen) atoms. The molecule has 1 fully saturated rings. The summed E-state index contributed by atoms with van der Waals surface area (Å²) in [4.78, 5) is 27.1. The third-order valence-corrected chi connectivity index (χ3v) is 7.57. The Balaban J connectivity index is 1.66. The number of thiol groups is 1. The number of carbonyl (C=O) groups is 2. The quantitative estimate of drug-likeness (QED) is 0.431. The second-order valence-corrected chi connectivity index (χ2v) is 10.8. The maximum atomic E-state index is 12.9. The molecule has 2 unspecified atom stereocenters. The Morgan fingerprint density at radius 1 is 0.973 bits per heavy atom. The third-order valence-electron chi connectivity index (χ3n) is 5.80. The van der Waals surface area contributed by atoms with Gasteiger partial charge < -0.3 is 23.8 Å². The normalized spacial score (nSPS) is 17.2. The first-order valence-corrected chi connectivity index (χ1v) is 13.4. The summed E-state index contributed by atoms with van der Waals surface area (Å²) in [5.41, 5.74) is 1.41. The van der Waals surface area contributed by atoms with Gasteiger partial charge in [0.1, 0.15) is 24.7 Å². The molecule has 1 aliphatic rings. The van der Waals surface area contributed by atoms with E-state index in [0.29, 0.717) is 27.8 Å². The topological polar surface area (TPSA) is 124 Å². The van der Waals surface area contributed by atoms with Crippen LogP contribution in [0.5, 0.6) is 11.5 Å². The predicted octanol–water partition coefficient (Wildman–Crippen LogP) is 2.82. The molecule has 0 aromatic heterocycles. The van der Waals surface area contributed by atoms with Gasteiger partial charge in [-0.2, -0.15) is 25.4 Å². The minimum atomic E-state index is -4.22. The van der Waals surface area contributed by atoms with Crippen LogP contribution in [-0.4, -0.2) is 75.5 Å². The van der Waals surface area contributed by atoms with Gasteiger partial charge in [0.05, 0.1) is 26.8 Å². The van der Waals surface area contributed by atoms with Crippen molar-refractivity contribution in [1.82, 2.24) is 13.9 Å². The van der Waals surface area contributed by atoms with Crippen LogP contribution in [0.1, 0.15) is 17.5 Å². The lowest BCUT2D eigenvalue weighted by molar-refractivity contribution is 0.0832. The van der Waals surface area contributed by atoms with Gasteiger partial charge in [0.15, 0.2) is 0 Å². The molecule has 202 valence electrons. The van der Waals surface area contributed by atoms with Gasteiger partial charge >= 0.3 is 22.4 Å². The fourth-order valence-corrected chi connectivity index (χ4v) is 5.01. The lowest BCUT2D eigenvalue weighted by atomic mass is 10.2. The number of rotatable bonds is 10. The number of benzene rings is 2. The fraction of sp³-hybridized carbons (Fsp3) is 0.417. The monoisotopic (exact) mass is 553 g/mol. The lowest BCUT2D eigenvalue weighted by Crippen LogP contribution is -2.50. The highest BCUT2D eigenvalue weighted by molar-refractivity contribution is 7.87. The number of amides is 2.